The van der Waals surface area contributed by atoms with Gasteiger partial charge in [-0.15, -0.1) is 0 Å². The monoisotopic (exact) mass is 236 g/mol. The van der Waals surface area contributed by atoms with Gasteiger partial charge in [0.1, 0.15) is 0 Å². The van der Waals surface area contributed by atoms with Gasteiger partial charge in [-0.1, -0.05) is 19.8 Å². The van der Waals surface area contributed by atoms with Crippen LogP contribution in [0, 0.1) is 11.8 Å². The first-order valence-electron chi connectivity index (χ1n) is 7.18. The van der Waals surface area contributed by atoms with Crippen LogP contribution in [0.1, 0.15) is 58.3 Å². The highest BCUT2D eigenvalue weighted by Gasteiger charge is 2.28. The van der Waals surface area contributed by atoms with Crippen molar-refractivity contribution in [3.8, 4) is 0 Å². The fraction of sp³-hybridized carbons (Fsp3) is 0.800. The van der Waals surface area contributed by atoms with Crippen molar-refractivity contribution in [1.29, 1.82) is 0 Å². The van der Waals surface area contributed by atoms with Crippen molar-refractivity contribution < 1.29 is 9.53 Å². The van der Waals surface area contributed by atoms with E-state index in [1.165, 1.54) is 25.7 Å². The van der Waals surface area contributed by atoms with Crippen LogP contribution in [0.3, 0.4) is 0 Å². The highest BCUT2D eigenvalue weighted by atomic mass is 16.5. The average molecular weight is 236 g/mol. The predicted molar refractivity (Wildman–Crippen MR) is 68.6 cm³/mol. The Labute approximate surface area is 104 Å². The first-order valence-corrected chi connectivity index (χ1v) is 7.18. The van der Waals surface area contributed by atoms with Gasteiger partial charge in [0, 0.05) is 5.92 Å². The third-order valence-electron chi connectivity index (χ3n) is 4.09. The fourth-order valence-corrected chi connectivity index (χ4v) is 3.05. The minimum Gasteiger partial charge on any atom is -0.490 e. The lowest BCUT2D eigenvalue weighted by molar-refractivity contribution is -0.124. The topological polar surface area (TPSA) is 26.3 Å². The Morgan fingerprint density at radius 2 is 2.12 bits per heavy atom. The van der Waals surface area contributed by atoms with Crippen LogP contribution < -0.4 is 0 Å². The molecule has 1 saturated carbocycles. The molecule has 0 N–H and O–H groups in total. The fourth-order valence-electron chi connectivity index (χ4n) is 3.05. The molecule has 0 radical (unpaired) electrons. The van der Waals surface area contributed by atoms with Crippen LogP contribution in [0.2, 0.25) is 0 Å². The minimum atomic E-state index is 0.243. The Kier molecular flexibility index (Phi) is 4.64. The van der Waals surface area contributed by atoms with E-state index in [4.69, 9.17) is 4.74 Å². The van der Waals surface area contributed by atoms with Crippen LogP contribution in [0.4, 0.5) is 0 Å². The summed E-state index contributed by atoms with van der Waals surface area (Å²) in [5.74, 6) is 2.05. The third-order valence-corrected chi connectivity index (χ3v) is 4.09. The Bertz CT molecular complexity index is 285. The lowest BCUT2D eigenvalue weighted by Gasteiger charge is -2.28. The normalized spacial score (nSPS) is 29.4. The molecule has 0 unspecified atom stereocenters. The molecule has 0 aromatic heterocycles. The summed E-state index contributed by atoms with van der Waals surface area (Å²) in [6.07, 6.45) is 11.3. The summed E-state index contributed by atoms with van der Waals surface area (Å²) in [5.41, 5.74) is 0. The van der Waals surface area contributed by atoms with Crippen molar-refractivity contribution in [2.24, 2.45) is 11.8 Å². The van der Waals surface area contributed by atoms with Crippen LogP contribution in [-0.4, -0.2) is 12.4 Å². The van der Waals surface area contributed by atoms with E-state index in [0.717, 1.165) is 38.2 Å². The van der Waals surface area contributed by atoms with Gasteiger partial charge < -0.3 is 4.74 Å². The Morgan fingerprint density at radius 3 is 2.71 bits per heavy atom. The van der Waals surface area contributed by atoms with Crippen molar-refractivity contribution >= 4 is 5.78 Å². The summed E-state index contributed by atoms with van der Waals surface area (Å²) in [4.78, 5) is 12.2. The second kappa shape index (κ2) is 6.23. The van der Waals surface area contributed by atoms with E-state index in [1.807, 2.05) is 6.08 Å². The molecule has 2 aliphatic rings. The van der Waals surface area contributed by atoms with Gasteiger partial charge in [-0.25, -0.2) is 0 Å². The van der Waals surface area contributed by atoms with Gasteiger partial charge in [0.05, 0.1) is 6.61 Å². The molecule has 0 atom stereocenters. The number of rotatable bonds is 4. The molecule has 0 saturated heterocycles. The Morgan fingerprint density at radius 1 is 1.35 bits per heavy atom. The van der Waals surface area contributed by atoms with Gasteiger partial charge in [0.25, 0.3) is 0 Å². The molecule has 2 nitrogen and oxygen atoms in total. The zero-order chi connectivity index (χ0) is 12.1. The summed E-state index contributed by atoms with van der Waals surface area (Å²) in [6.45, 7) is 2.97. The van der Waals surface area contributed by atoms with Crippen LogP contribution >= 0.6 is 0 Å². The number of hydrogen-bond donors (Lipinski definition) is 0. The Balaban J connectivity index is 1.83. The zero-order valence-electron chi connectivity index (χ0n) is 10.9. The molecule has 0 spiro atoms. The third kappa shape index (κ3) is 3.34. The second-order valence-corrected chi connectivity index (χ2v) is 5.43. The van der Waals surface area contributed by atoms with E-state index in [-0.39, 0.29) is 11.7 Å². The molecule has 2 heteroatoms. The van der Waals surface area contributed by atoms with Gasteiger partial charge in [0.2, 0.25) is 0 Å². The van der Waals surface area contributed by atoms with Crippen molar-refractivity contribution in [3.05, 3.63) is 11.8 Å². The van der Waals surface area contributed by atoms with E-state index >= 15 is 0 Å². The molecule has 1 aliphatic carbocycles. The summed E-state index contributed by atoms with van der Waals surface area (Å²) in [5, 5.41) is 0. The van der Waals surface area contributed by atoms with Gasteiger partial charge in [-0.3, -0.25) is 4.79 Å². The van der Waals surface area contributed by atoms with Gasteiger partial charge in [-0.2, -0.15) is 0 Å². The number of carbonyl (C=O) groups is 1. The lowest BCUT2D eigenvalue weighted by Crippen LogP contribution is -2.25. The average Bonchev–Trinajstić information content (AvgIpc) is 2.40. The second-order valence-electron chi connectivity index (χ2n) is 5.43. The summed E-state index contributed by atoms with van der Waals surface area (Å²) in [7, 11) is 0. The number of hydrogen-bond acceptors (Lipinski definition) is 2. The molecule has 2 rings (SSSR count). The molecule has 1 heterocycles. The maximum absolute atomic E-state index is 12.2. The molecule has 0 amide bonds. The van der Waals surface area contributed by atoms with E-state index in [0.29, 0.717) is 5.76 Å². The standard InChI is InChI=1S/C15H24O2/c1-2-5-12-7-9-13(10-8-12)15(16)14-6-3-4-11-17-14/h6,12-13H,2-5,7-11H2,1H3. The van der Waals surface area contributed by atoms with E-state index < -0.39 is 0 Å². The largest absolute Gasteiger partial charge is 0.490 e. The van der Waals surface area contributed by atoms with Crippen molar-refractivity contribution in [2.45, 2.75) is 58.3 Å². The number of ether oxygens (including phenoxy) is 1. The number of ketones is 1. The molecule has 0 aromatic carbocycles. The van der Waals surface area contributed by atoms with Gasteiger partial charge in [0.15, 0.2) is 11.5 Å². The molecular weight excluding hydrogens is 212 g/mol. The van der Waals surface area contributed by atoms with Crippen LogP contribution in [0.25, 0.3) is 0 Å². The van der Waals surface area contributed by atoms with E-state index in [9.17, 15) is 4.79 Å². The predicted octanol–water partition coefficient (Wildman–Crippen LogP) is 3.86. The van der Waals surface area contributed by atoms with Crippen molar-refractivity contribution in [1.82, 2.24) is 0 Å². The molecule has 1 fully saturated rings. The highest BCUT2D eigenvalue weighted by molar-refractivity contribution is 5.95. The van der Waals surface area contributed by atoms with Crippen LogP contribution in [-0.2, 0) is 9.53 Å². The Hall–Kier alpha value is -0.790. The molecule has 0 bridgehead atoms. The number of Topliss-reactive ketones (excluding diaryl/α,β-unsaturated/α-hetero) is 1. The summed E-state index contributed by atoms with van der Waals surface area (Å²) in [6, 6.07) is 0. The quantitative estimate of drug-likeness (QED) is 0.741. The molecule has 0 aromatic rings. The first kappa shape index (κ1) is 12.7. The van der Waals surface area contributed by atoms with Crippen molar-refractivity contribution in [3.63, 3.8) is 0 Å². The molecule has 17 heavy (non-hydrogen) atoms. The molecular formula is C15H24O2. The SMILES string of the molecule is CCCC1CCC(C(=O)C2=CCCCO2)CC1. The zero-order valence-corrected chi connectivity index (χ0v) is 10.9. The minimum absolute atomic E-state index is 0.243. The number of allylic oxidation sites excluding steroid dienone is 2. The summed E-state index contributed by atoms with van der Waals surface area (Å²) < 4.78 is 5.48. The lowest BCUT2D eigenvalue weighted by atomic mass is 9.78. The van der Waals surface area contributed by atoms with Gasteiger partial charge in [-0.05, 0) is 50.5 Å². The van der Waals surface area contributed by atoms with Crippen LogP contribution in [0.5, 0.6) is 0 Å². The maximum atomic E-state index is 12.2. The smallest absolute Gasteiger partial charge is 0.200 e. The molecule has 96 valence electrons. The van der Waals surface area contributed by atoms with E-state index in [2.05, 4.69) is 6.92 Å². The maximum Gasteiger partial charge on any atom is 0.200 e. The first-order chi connectivity index (χ1) is 8.31. The van der Waals surface area contributed by atoms with Gasteiger partial charge >= 0.3 is 0 Å². The molecule has 1 aliphatic heterocycles. The summed E-state index contributed by atoms with van der Waals surface area (Å²) >= 11 is 0. The van der Waals surface area contributed by atoms with Crippen molar-refractivity contribution in [2.75, 3.05) is 6.61 Å². The van der Waals surface area contributed by atoms with E-state index in [1.54, 1.807) is 0 Å². The van der Waals surface area contributed by atoms with Crippen LogP contribution in [0.15, 0.2) is 11.8 Å². The highest BCUT2D eigenvalue weighted by Crippen LogP contribution is 2.33. The number of carbonyl (C=O) groups excluding carboxylic acids is 1.